The first kappa shape index (κ1) is 14.4. The minimum atomic E-state index is 0.337. The standard InChI is InChI=1S/C14H24N4S/c1-9(2)12-13(15)16-8-17-14(12)18-10-5-4-6-11(7-10)19-3/h8-11H,4-7H2,1-3H3,(H3,15,16,17,18). The normalized spacial score (nSPS) is 23.6. The second-order valence-electron chi connectivity index (χ2n) is 5.54. The molecule has 2 rings (SSSR count). The maximum atomic E-state index is 5.99. The molecule has 2 unspecified atom stereocenters. The van der Waals surface area contributed by atoms with Crippen LogP contribution in [0.3, 0.4) is 0 Å². The Morgan fingerprint density at radius 2 is 2.16 bits per heavy atom. The van der Waals surface area contributed by atoms with Gasteiger partial charge in [-0.3, -0.25) is 0 Å². The van der Waals surface area contributed by atoms with Gasteiger partial charge < -0.3 is 11.1 Å². The summed E-state index contributed by atoms with van der Waals surface area (Å²) in [6.45, 7) is 4.26. The van der Waals surface area contributed by atoms with Crippen LogP contribution >= 0.6 is 11.8 Å². The fraction of sp³-hybridized carbons (Fsp3) is 0.714. The van der Waals surface area contributed by atoms with Gasteiger partial charge in [0.15, 0.2) is 0 Å². The second-order valence-corrected chi connectivity index (χ2v) is 6.68. The largest absolute Gasteiger partial charge is 0.383 e. The lowest BCUT2D eigenvalue weighted by molar-refractivity contribution is 0.472. The highest BCUT2D eigenvalue weighted by Gasteiger charge is 2.23. The first-order valence-electron chi connectivity index (χ1n) is 7.01. The SMILES string of the molecule is CSC1CCCC(Nc2ncnc(N)c2C(C)C)C1. The van der Waals surface area contributed by atoms with Crippen LogP contribution in [0.25, 0.3) is 0 Å². The fourth-order valence-electron chi connectivity index (χ4n) is 2.78. The molecule has 0 saturated heterocycles. The summed E-state index contributed by atoms with van der Waals surface area (Å²) in [4.78, 5) is 8.50. The molecule has 3 N–H and O–H groups in total. The van der Waals surface area contributed by atoms with Crippen LogP contribution in [0.15, 0.2) is 6.33 Å². The molecule has 0 aliphatic heterocycles. The molecule has 4 nitrogen and oxygen atoms in total. The van der Waals surface area contributed by atoms with Gasteiger partial charge in [0.2, 0.25) is 0 Å². The smallest absolute Gasteiger partial charge is 0.135 e. The Labute approximate surface area is 120 Å². The van der Waals surface area contributed by atoms with Gasteiger partial charge in [0, 0.05) is 16.9 Å². The molecule has 0 bridgehead atoms. The molecular formula is C14H24N4S. The molecule has 1 aromatic heterocycles. The summed E-state index contributed by atoms with van der Waals surface area (Å²) in [6.07, 6.45) is 8.82. The van der Waals surface area contributed by atoms with E-state index in [1.165, 1.54) is 25.7 Å². The highest BCUT2D eigenvalue weighted by Crippen LogP contribution is 2.31. The summed E-state index contributed by atoms with van der Waals surface area (Å²) >= 11 is 1.98. The lowest BCUT2D eigenvalue weighted by Crippen LogP contribution is -2.29. The molecule has 106 valence electrons. The molecule has 1 aromatic rings. The monoisotopic (exact) mass is 280 g/mol. The second kappa shape index (κ2) is 6.46. The van der Waals surface area contributed by atoms with Crippen molar-refractivity contribution in [3.8, 4) is 0 Å². The molecule has 5 heteroatoms. The van der Waals surface area contributed by atoms with Gasteiger partial charge in [-0.1, -0.05) is 20.3 Å². The maximum absolute atomic E-state index is 5.99. The molecule has 1 heterocycles. The number of nitrogens with zero attached hydrogens (tertiary/aromatic N) is 2. The zero-order valence-electron chi connectivity index (χ0n) is 12.0. The minimum Gasteiger partial charge on any atom is -0.383 e. The predicted octanol–water partition coefficient (Wildman–Crippen LogP) is 3.27. The van der Waals surface area contributed by atoms with E-state index in [0.717, 1.165) is 16.6 Å². The van der Waals surface area contributed by atoms with Gasteiger partial charge in [-0.2, -0.15) is 11.8 Å². The Hall–Kier alpha value is -0.970. The van der Waals surface area contributed by atoms with Crippen LogP contribution in [0.1, 0.15) is 51.0 Å². The van der Waals surface area contributed by atoms with E-state index in [9.17, 15) is 0 Å². The number of nitrogens with one attached hydrogen (secondary N) is 1. The van der Waals surface area contributed by atoms with Crippen molar-refractivity contribution in [3.05, 3.63) is 11.9 Å². The first-order valence-corrected chi connectivity index (χ1v) is 8.30. The molecular weight excluding hydrogens is 256 g/mol. The summed E-state index contributed by atoms with van der Waals surface area (Å²) in [6, 6.07) is 0.512. The summed E-state index contributed by atoms with van der Waals surface area (Å²) in [5.74, 6) is 1.86. The number of nitrogen functional groups attached to an aromatic ring is 1. The number of aromatic nitrogens is 2. The third-order valence-electron chi connectivity index (χ3n) is 3.79. The van der Waals surface area contributed by atoms with Crippen LogP contribution in [0, 0.1) is 0 Å². The van der Waals surface area contributed by atoms with Crippen LogP contribution in [-0.4, -0.2) is 27.5 Å². The molecule has 0 spiro atoms. The Bertz CT molecular complexity index is 422. The summed E-state index contributed by atoms with van der Waals surface area (Å²) in [7, 11) is 0. The third kappa shape index (κ3) is 3.53. The molecule has 0 radical (unpaired) electrons. The molecule has 1 aliphatic carbocycles. The van der Waals surface area contributed by atoms with Gasteiger partial charge in [0.1, 0.15) is 18.0 Å². The van der Waals surface area contributed by atoms with E-state index < -0.39 is 0 Å². The summed E-state index contributed by atoms with van der Waals surface area (Å²) < 4.78 is 0. The average Bonchev–Trinajstić information content (AvgIpc) is 2.38. The zero-order valence-corrected chi connectivity index (χ0v) is 12.8. The minimum absolute atomic E-state index is 0.337. The van der Waals surface area contributed by atoms with E-state index >= 15 is 0 Å². The molecule has 2 atom stereocenters. The van der Waals surface area contributed by atoms with Gasteiger partial charge >= 0.3 is 0 Å². The zero-order chi connectivity index (χ0) is 13.8. The van der Waals surface area contributed by atoms with E-state index in [-0.39, 0.29) is 0 Å². The number of anilines is 2. The van der Waals surface area contributed by atoms with E-state index in [1.807, 2.05) is 11.8 Å². The Morgan fingerprint density at radius 3 is 2.84 bits per heavy atom. The number of hydrogen-bond acceptors (Lipinski definition) is 5. The van der Waals surface area contributed by atoms with Crippen molar-refractivity contribution < 1.29 is 0 Å². The van der Waals surface area contributed by atoms with Gasteiger partial charge in [0.05, 0.1) is 0 Å². The molecule has 1 saturated carbocycles. The lowest BCUT2D eigenvalue weighted by atomic mass is 9.94. The van der Waals surface area contributed by atoms with Crippen molar-refractivity contribution >= 4 is 23.4 Å². The Morgan fingerprint density at radius 1 is 1.37 bits per heavy atom. The molecule has 0 amide bonds. The molecule has 1 fully saturated rings. The van der Waals surface area contributed by atoms with Gasteiger partial charge in [0.25, 0.3) is 0 Å². The van der Waals surface area contributed by atoms with Crippen LogP contribution in [0.2, 0.25) is 0 Å². The van der Waals surface area contributed by atoms with E-state index in [2.05, 4.69) is 35.4 Å². The van der Waals surface area contributed by atoms with Crippen LogP contribution in [0.5, 0.6) is 0 Å². The molecule has 0 aromatic carbocycles. The van der Waals surface area contributed by atoms with Crippen LogP contribution in [-0.2, 0) is 0 Å². The van der Waals surface area contributed by atoms with Crippen molar-refractivity contribution in [2.24, 2.45) is 0 Å². The van der Waals surface area contributed by atoms with E-state index in [0.29, 0.717) is 17.8 Å². The lowest BCUT2D eigenvalue weighted by Gasteiger charge is -2.30. The summed E-state index contributed by atoms with van der Waals surface area (Å²) in [5, 5.41) is 4.36. The summed E-state index contributed by atoms with van der Waals surface area (Å²) in [5.41, 5.74) is 7.04. The van der Waals surface area contributed by atoms with E-state index in [4.69, 9.17) is 5.73 Å². The van der Waals surface area contributed by atoms with Gasteiger partial charge in [-0.15, -0.1) is 0 Å². The van der Waals surface area contributed by atoms with Crippen LogP contribution < -0.4 is 11.1 Å². The highest BCUT2D eigenvalue weighted by atomic mass is 32.2. The van der Waals surface area contributed by atoms with Crippen molar-refractivity contribution in [3.63, 3.8) is 0 Å². The maximum Gasteiger partial charge on any atom is 0.135 e. The van der Waals surface area contributed by atoms with Gasteiger partial charge in [-0.25, -0.2) is 9.97 Å². The average molecular weight is 280 g/mol. The predicted molar refractivity (Wildman–Crippen MR) is 83.7 cm³/mol. The first-order chi connectivity index (χ1) is 9.11. The van der Waals surface area contributed by atoms with Crippen molar-refractivity contribution in [2.75, 3.05) is 17.3 Å². The van der Waals surface area contributed by atoms with Crippen molar-refractivity contribution in [1.29, 1.82) is 0 Å². The van der Waals surface area contributed by atoms with E-state index in [1.54, 1.807) is 6.33 Å². The van der Waals surface area contributed by atoms with Gasteiger partial charge in [-0.05, 0) is 31.4 Å². The number of hydrogen-bond donors (Lipinski definition) is 2. The topological polar surface area (TPSA) is 63.8 Å². The van der Waals surface area contributed by atoms with Crippen LogP contribution in [0.4, 0.5) is 11.6 Å². The third-order valence-corrected chi connectivity index (χ3v) is 4.89. The number of thioether (sulfide) groups is 1. The number of rotatable bonds is 4. The highest BCUT2D eigenvalue weighted by molar-refractivity contribution is 7.99. The quantitative estimate of drug-likeness (QED) is 0.886. The Balaban J connectivity index is 2.12. The molecule has 1 aliphatic rings. The number of nitrogens with two attached hydrogens (primary N) is 1. The Kier molecular flexibility index (Phi) is 4.91. The molecule has 19 heavy (non-hydrogen) atoms. The fourth-order valence-corrected chi connectivity index (χ4v) is 3.60. The van der Waals surface area contributed by atoms with Crippen molar-refractivity contribution in [1.82, 2.24) is 9.97 Å². The van der Waals surface area contributed by atoms with Crippen molar-refractivity contribution in [2.45, 2.75) is 56.7 Å².